The molecule has 3 rings (SSSR count). The van der Waals surface area contributed by atoms with Crippen molar-refractivity contribution in [1.29, 1.82) is 0 Å². The first-order valence-corrected chi connectivity index (χ1v) is 6.16. The Bertz CT molecular complexity index is 448. The van der Waals surface area contributed by atoms with Gasteiger partial charge in [0.15, 0.2) is 6.10 Å². The average molecular weight is 216 g/mol. The Morgan fingerprint density at radius 1 is 1.25 bits per heavy atom. The minimum Gasteiger partial charge on any atom is -0.482 e. The van der Waals surface area contributed by atoms with Crippen LogP contribution in [0, 0.1) is 0 Å². The molecule has 1 aliphatic heterocycles. The van der Waals surface area contributed by atoms with Crippen LogP contribution in [0.3, 0.4) is 0 Å². The standard InChI is InChI=1S/C14H16O2/c1-2-12-14(15)11-7-9-5-3-4-6-10(9)8-13(11)16-12/h7-8,12H,2-6H2,1H3. The molecule has 1 aromatic rings. The quantitative estimate of drug-likeness (QED) is 0.721. The molecular weight excluding hydrogens is 200 g/mol. The van der Waals surface area contributed by atoms with E-state index < -0.39 is 0 Å². The lowest BCUT2D eigenvalue weighted by atomic mass is 9.89. The van der Waals surface area contributed by atoms with Gasteiger partial charge in [-0.15, -0.1) is 0 Å². The lowest BCUT2D eigenvalue weighted by Gasteiger charge is -2.16. The van der Waals surface area contributed by atoms with Crippen molar-refractivity contribution in [3.8, 4) is 5.75 Å². The van der Waals surface area contributed by atoms with E-state index in [1.807, 2.05) is 6.92 Å². The number of benzene rings is 1. The molecule has 1 aliphatic carbocycles. The molecule has 84 valence electrons. The molecule has 1 atom stereocenters. The minimum absolute atomic E-state index is 0.172. The fraction of sp³-hybridized carbons (Fsp3) is 0.500. The Morgan fingerprint density at radius 3 is 2.62 bits per heavy atom. The normalized spacial score (nSPS) is 22.6. The van der Waals surface area contributed by atoms with E-state index in [0.29, 0.717) is 0 Å². The Balaban J connectivity index is 2.06. The van der Waals surface area contributed by atoms with Gasteiger partial charge in [-0.3, -0.25) is 4.79 Å². The van der Waals surface area contributed by atoms with E-state index >= 15 is 0 Å². The molecule has 0 spiro atoms. The summed E-state index contributed by atoms with van der Waals surface area (Å²) in [6, 6.07) is 4.17. The van der Waals surface area contributed by atoms with E-state index in [4.69, 9.17) is 4.74 Å². The summed E-state index contributed by atoms with van der Waals surface area (Å²) in [4.78, 5) is 12.0. The number of ether oxygens (including phenoxy) is 1. The SMILES string of the molecule is CCC1Oc2cc3c(cc2C1=O)CCCC3. The van der Waals surface area contributed by atoms with Crippen LogP contribution in [0.25, 0.3) is 0 Å². The number of hydrogen-bond donors (Lipinski definition) is 0. The molecule has 16 heavy (non-hydrogen) atoms. The third-order valence-electron chi connectivity index (χ3n) is 3.64. The Kier molecular flexibility index (Phi) is 2.23. The van der Waals surface area contributed by atoms with Crippen molar-refractivity contribution in [2.24, 2.45) is 0 Å². The Morgan fingerprint density at radius 2 is 1.94 bits per heavy atom. The summed E-state index contributed by atoms with van der Waals surface area (Å²) in [5, 5.41) is 0. The third-order valence-corrected chi connectivity index (χ3v) is 3.64. The van der Waals surface area contributed by atoms with Crippen molar-refractivity contribution < 1.29 is 9.53 Å². The van der Waals surface area contributed by atoms with E-state index in [1.54, 1.807) is 0 Å². The van der Waals surface area contributed by atoms with Crippen molar-refractivity contribution in [2.75, 3.05) is 0 Å². The predicted molar refractivity (Wildman–Crippen MR) is 62.1 cm³/mol. The minimum atomic E-state index is -0.237. The van der Waals surface area contributed by atoms with E-state index in [2.05, 4.69) is 12.1 Å². The summed E-state index contributed by atoms with van der Waals surface area (Å²) >= 11 is 0. The maximum atomic E-state index is 12.0. The fourth-order valence-electron chi connectivity index (χ4n) is 2.70. The van der Waals surface area contributed by atoms with Crippen molar-refractivity contribution in [2.45, 2.75) is 45.1 Å². The van der Waals surface area contributed by atoms with Gasteiger partial charge in [0.1, 0.15) is 5.75 Å². The lowest BCUT2D eigenvalue weighted by Crippen LogP contribution is -2.18. The molecule has 1 unspecified atom stereocenters. The second-order valence-electron chi connectivity index (χ2n) is 4.70. The second-order valence-corrected chi connectivity index (χ2v) is 4.70. The topological polar surface area (TPSA) is 26.3 Å². The highest BCUT2D eigenvalue weighted by molar-refractivity contribution is 6.04. The molecule has 0 aromatic heterocycles. The van der Waals surface area contributed by atoms with Gasteiger partial charge in [0, 0.05) is 0 Å². The van der Waals surface area contributed by atoms with Crippen LogP contribution in [0.1, 0.15) is 47.7 Å². The monoisotopic (exact) mass is 216 g/mol. The summed E-state index contributed by atoms with van der Waals surface area (Å²) in [6.45, 7) is 1.99. The molecule has 2 aliphatic rings. The van der Waals surface area contributed by atoms with Gasteiger partial charge in [0.05, 0.1) is 5.56 Å². The molecule has 1 aromatic carbocycles. The first kappa shape index (κ1) is 9.88. The van der Waals surface area contributed by atoms with Crippen molar-refractivity contribution in [1.82, 2.24) is 0 Å². The zero-order chi connectivity index (χ0) is 11.1. The molecule has 0 radical (unpaired) electrons. The molecule has 0 saturated carbocycles. The number of hydrogen-bond acceptors (Lipinski definition) is 2. The first-order valence-electron chi connectivity index (χ1n) is 6.16. The number of carbonyl (C=O) groups excluding carboxylic acids is 1. The second kappa shape index (κ2) is 3.62. The molecule has 2 heteroatoms. The molecule has 0 amide bonds. The summed E-state index contributed by atoms with van der Waals surface area (Å²) < 4.78 is 5.68. The van der Waals surface area contributed by atoms with E-state index in [9.17, 15) is 4.79 Å². The van der Waals surface area contributed by atoms with Crippen LogP contribution in [0.4, 0.5) is 0 Å². The van der Waals surface area contributed by atoms with Gasteiger partial charge in [0.25, 0.3) is 0 Å². The number of rotatable bonds is 1. The molecule has 0 bridgehead atoms. The van der Waals surface area contributed by atoms with E-state index in [1.165, 1.54) is 24.0 Å². The lowest BCUT2D eigenvalue weighted by molar-refractivity contribution is 0.0853. The Hall–Kier alpha value is -1.31. The van der Waals surface area contributed by atoms with Crippen molar-refractivity contribution >= 4 is 5.78 Å². The molecule has 0 N–H and O–H groups in total. The van der Waals surface area contributed by atoms with Crippen LogP contribution < -0.4 is 4.74 Å². The highest BCUT2D eigenvalue weighted by atomic mass is 16.5. The average Bonchev–Trinajstić information content (AvgIpc) is 2.63. The van der Waals surface area contributed by atoms with Crippen LogP contribution in [-0.4, -0.2) is 11.9 Å². The molecule has 1 heterocycles. The maximum absolute atomic E-state index is 12.0. The number of fused-ring (bicyclic) bond motifs is 2. The van der Waals surface area contributed by atoms with Crippen LogP contribution in [0.15, 0.2) is 12.1 Å². The number of carbonyl (C=O) groups is 1. The summed E-state index contributed by atoms with van der Waals surface area (Å²) in [5.74, 6) is 0.989. The third kappa shape index (κ3) is 1.36. The smallest absolute Gasteiger partial charge is 0.207 e. The van der Waals surface area contributed by atoms with E-state index in [-0.39, 0.29) is 11.9 Å². The number of ketones is 1. The first-order chi connectivity index (χ1) is 7.79. The van der Waals surface area contributed by atoms with Crippen LogP contribution in [0.2, 0.25) is 0 Å². The van der Waals surface area contributed by atoms with Crippen molar-refractivity contribution in [3.05, 3.63) is 28.8 Å². The Labute approximate surface area is 95.6 Å². The highest BCUT2D eigenvalue weighted by Gasteiger charge is 2.32. The van der Waals surface area contributed by atoms with E-state index in [0.717, 1.165) is 30.6 Å². The number of aryl methyl sites for hydroxylation is 2. The molecular formula is C14H16O2. The van der Waals surface area contributed by atoms with Gasteiger partial charge in [-0.05, 0) is 55.4 Å². The molecule has 2 nitrogen and oxygen atoms in total. The van der Waals surface area contributed by atoms with Crippen LogP contribution in [-0.2, 0) is 12.8 Å². The molecule has 0 fully saturated rings. The van der Waals surface area contributed by atoms with Gasteiger partial charge in [-0.2, -0.15) is 0 Å². The fourth-order valence-corrected chi connectivity index (χ4v) is 2.70. The van der Waals surface area contributed by atoms with Gasteiger partial charge in [-0.25, -0.2) is 0 Å². The van der Waals surface area contributed by atoms with Gasteiger partial charge in [0.2, 0.25) is 5.78 Å². The predicted octanol–water partition coefficient (Wildman–Crippen LogP) is 2.92. The van der Waals surface area contributed by atoms with Gasteiger partial charge >= 0.3 is 0 Å². The highest BCUT2D eigenvalue weighted by Crippen LogP contribution is 2.35. The van der Waals surface area contributed by atoms with Gasteiger partial charge in [-0.1, -0.05) is 6.92 Å². The number of Topliss-reactive ketones (excluding diaryl/α,β-unsaturated/α-hetero) is 1. The zero-order valence-electron chi connectivity index (χ0n) is 9.58. The van der Waals surface area contributed by atoms with Crippen LogP contribution in [0.5, 0.6) is 5.75 Å². The summed E-state index contributed by atoms with van der Waals surface area (Å²) in [5.41, 5.74) is 3.56. The summed E-state index contributed by atoms with van der Waals surface area (Å²) in [7, 11) is 0. The maximum Gasteiger partial charge on any atom is 0.207 e. The van der Waals surface area contributed by atoms with Crippen molar-refractivity contribution in [3.63, 3.8) is 0 Å². The van der Waals surface area contributed by atoms with Gasteiger partial charge < -0.3 is 4.74 Å². The zero-order valence-corrected chi connectivity index (χ0v) is 9.58. The molecule has 0 saturated heterocycles. The van der Waals surface area contributed by atoms with Crippen LogP contribution >= 0.6 is 0 Å². The largest absolute Gasteiger partial charge is 0.482 e. The summed E-state index contributed by atoms with van der Waals surface area (Å²) in [6.07, 6.45) is 5.29.